The van der Waals surface area contributed by atoms with Crippen molar-refractivity contribution in [3.8, 4) is 11.6 Å². The van der Waals surface area contributed by atoms with Crippen molar-refractivity contribution < 1.29 is 9.13 Å². The molecule has 0 atom stereocenters. The zero-order chi connectivity index (χ0) is 13.1. The Hall–Kier alpha value is -1.58. The van der Waals surface area contributed by atoms with Gasteiger partial charge in [-0.05, 0) is 20.3 Å². The molecule has 2 aromatic rings. The Morgan fingerprint density at radius 1 is 1.00 bits per heavy atom. The van der Waals surface area contributed by atoms with E-state index in [-0.39, 0.29) is 0 Å². The highest BCUT2D eigenvalue weighted by Crippen LogP contribution is 2.13. The molecule has 0 spiro atoms. The van der Waals surface area contributed by atoms with Gasteiger partial charge in [-0.15, -0.1) is 0 Å². The Labute approximate surface area is 109 Å². The number of nitrogens with zero attached hydrogens (tertiary/aromatic N) is 4. The molecule has 2 heterocycles. The smallest absolute Gasteiger partial charge is 0.226 e. The maximum atomic E-state index is 2.34. The summed E-state index contributed by atoms with van der Waals surface area (Å²) in [5, 5.41) is 0. The second-order valence-corrected chi connectivity index (χ2v) is 4.62. The lowest BCUT2D eigenvalue weighted by Crippen LogP contribution is -2.40. The molecule has 0 fully saturated rings. The fraction of sp³-hybridized carbons (Fsp3) is 0.571. The van der Waals surface area contributed by atoms with Gasteiger partial charge in [0, 0.05) is 0 Å². The van der Waals surface area contributed by atoms with Crippen LogP contribution >= 0.6 is 0 Å². The maximum Gasteiger partial charge on any atom is 0.373 e. The highest BCUT2D eigenvalue weighted by Gasteiger charge is 2.29. The first-order valence-corrected chi connectivity index (χ1v) is 6.86. The summed E-state index contributed by atoms with van der Waals surface area (Å²) in [7, 11) is 2.12. The summed E-state index contributed by atoms with van der Waals surface area (Å²) < 4.78 is 9.17. The lowest BCUT2D eigenvalue weighted by molar-refractivity contribution is -0.703. The van der Waals surface area contributed by atoms with Crippen LogP contribution in [0.15, 0.2) is 24.8 Å². The van der Waals surface area contributed by atoms with Gasteiger partial charge < -0.3 is 0 Å². The van der Waals surface area contributed by atoms with Gasteiger partial charge in [-0.2, -0.15) is 0 Å². The molecular formula is C14H24N4+2. The quantitative estimate of drug-likeness (QED) is 0.714. The van der Waals surface area contributed by atoms with Crippen LogP contribution in [0.3, 0.4) is 0 Å². The van der Waals surface area contributed by atoms with Crippen LogP contribution in [0.1, 0.15) is 27.2 Å². The van der Waals surface area contributed by atoms with Gasteiger partial charge in [-0.3, -0.25) is 0 Å². The van der Waals surface area contributed by atoms with Crippen molar-refractivity contribution in [1.82, 2.24) is 9.13 Å². The van der Waals surface area contributed by atoms with E-state index in [1.165, 1.54) is 11.6 Å². The lowest BCUT2D eigenvalue weighted by atomic mass is 10.4. The van der Waals surface area contributed by atoms with Crippen LogP contribution in [-0.4, -0.2) is 9.13 Å². The van der Waals surface area contributed by atoms with E-state index in [4.69, 9.17) is 0 Å². The van der Waals surface area contributed by atoms with Crippen LogP contribution in [0.2, 0.25) is 0 Å². The zero-order valence-electron chi connectivity index (χ0n) is 11.9. The van der Waals surface area contributed by atoms with Crippen LogP contribution in [0.25, 0.3) is 11.6 Å². The van der Waals surface area contributed by atoms with E-state index in [9.17, 15) is 0 Å². The number of hydrogen-bond acceptors (Lipinski definition) is 0. The molecule has 4 nitrogen and oxygen atoms in total. The molecule has 0 aliphatic heterocycles. The number of imidazole rings is 2. The van der Waals surface area contributed by atoms with Crippen LogP contribution < -0.4 is 9.13 Å². The van der Waals surface area contributed by atoms with Crippen LogP contribution in [0.4, 0.5) is 0 Å². The molecule has 2 aromatic heterocycles. The number of aryl methyl sites for hydroxylation is 4. The molecule has 0 radical (unpaired) electrons. The Morgan fingerprint density at radius 3 is 2.33 bits per heavy atom. The summed E-state index contributed by atoms with van der Waals surface area (Å²) in [5.74, 6) is 2.58. The Bertz CT molecular complexity index is 500. The Kier molecular flexibility index (Phi) is 3.84. The third-order valence-electron chi connectivity index (χ3n) is 3.39. The van der Waals surface area contributed by atoms with E-state index in [1.54, 1.807) is 0 Å². The SMILES string of the molecule is CCCn1cc[n+](C)c1-c1n(CC)cc[n+]1CC. The number of aromatic nitrogens is 4. The van der Waals surface area contributed by atoms with Crippen molar-refractivity contribution in [1.29, 1.82) is 0 Å². The molecule has 0 saturated carbocycles. The van der Waals surface area contributed by atoms with E-state index in [2.05, 4.69) is 70.9 Å². The van der Waals surface area contributed by atoms with Gasteiger partial charge in [0.1, 0.15) is 24.8 Å². The van der Waals surface area contributed by atoms with Crippen molar-refractivity contribution in [2.75, 3.05) is 0 Å². The molecule has 4 heteroatoms. The van der Waals surface area contributed by atoms with Gasteiger partial charge in [0.15, 0.2) is 0 Å². The predicted molar refractivity (Wildman–Crippen MR) is 70.9 cm³/mol. The fourth-order valence-electron chi connectivity index (χ4n) is 2.47. The van der Waals surface area contributed by atoms with Crippen LogP contribution in [0.5, 0.6) is 0 Å². The summed E-state index contributed by atoms with van der Waals surface area (Å²) in [6.45, 7) is 9.66. The molecule has 98 valence electrons. The molecule has 0 aliphatic rings. The van der Waals surface area contributed by atoms with Crippen molar-refractivity contribution in [3.63, 3.8) is 0 Å². The molecule has 0 unspecified atom stereocenters. The van der Waals surface area contributed by atoms with Gasteiger partial charge >= 0.3 is 11.6 Å². The normalized spacial score (nSPS) is 11.1. The molecule has 0 aliphatic carbocycles. The molecule has 0 saturated heterocycles. The second-order valence-electron chi connectivity index (χ2n) is 4.62. The standard InChI is InChI=1S/C14H24N4/c1-5-8-18-10-9-15(4)13(18)14-16(6-2)11-12-17(14)7-3/h9-12H,5-8H2,1-4H3/q+2. The molecule has 0 aromatic carbocycles. The van der Waals surface area contributed by atoms with E-state index in [1.807, 2.05) is 0 Å². The minimum atomic E-state index is 1.000. The second kappa shape index (κ2) is 5.38. The van der Waals surface area contributed by atoms with Gasteiger partial charge in [0.05, 0.1) is 26.7 Å². The van der Waals surface area contributed by atoms with E-state index >= 15 is 0 Å². The third kappa shape index (κ3) is 2.07. The minimum Gasteiger partial charge on any atom is -0.226 e. The van der Waals surface area contributed by atoms with Gasteiger partial charge in [0.25, 0.3) is 0 Å². The predicted octanol–water partition coefficient (Wildman–Crippen LogP) is 1.52. The number of rotatable bonds is 5. The van der Waals surface area contributed by atoms with Crippen molar-refractivity contribution >= 4 is 0 Å². The highest BCUT2D eigenvalue weighted by atomic mass is 15.2. The first kappa shape index (κ1) is 12.9. The third-order valence-corrected chi connectivity index (χ3v) is 3.39. The summed E-state index contributed by atoms with van der Waals surface area (Å²) in [5.41, 5.74) is 0. The Morgan fingerprint density at radius 2 is 1.72 bits per heavy atom. The average Bonchev–Trinajstić information content (AvgIpc) is 2.93. The molecule has 0 bridgehead atoms. The topological polar surface area (TPSA) is 17.6 Å². The zero-order valence-corrected chi connectivity index (χ0v) is 11.9. The average molecular weight is 248 g/mol. The fourth-order valence-corrected chi connectivity index (χ4v) is 2.47. The van der Waals surface area contributed by atoms with Crippen LogP contribution in [0, 0.1) is 0 Å². The van der Waals surface area contributed by atoms with E-state index < -0.39 is 0 Å². The van der Waals surface area contributed by atoms with Crippen molar-refractivity contribution in [2.24, 2.45) is 7.05 Å². The molecule has 18 heavy (non-hydrogen) atoms. The minimum absolute atomic E-state index is 1.000. The molecule has 2 rings (SSSR count). The molecule has 0 amide bonds. The number of hydrogen-bond donors (Lipinski definition) is 0. The van der Waals surface area contributed by atoms with Crippen molar-refractivity contribution in [3.05, 3.63) is 24.8 Å². The Balaban J connectivity index is 2.59. The summed E-state index contributed by atoms with van der Waals surface area (Å²) in [4.78, 5) is 0. The largest absolute Gasteiger partial charge is 0.373 e. The van der Waals surface area contributed by atoms with Gasteiger partial charge in [-0.1, -0.05) is 6.92 Å². The first-order chi connectivity index (χ1) is 8.72. The van der Waals surface area contributed by atoms with Crippen LogP contribution in [-0.2, 0) is 26.7 Å². The van der Waals surface area contributed by atoms with E-state index in [0.29, 0.717) is 0 Å². The lowest BCUT2D eigenvalue weighted by Gasteiger charge is -2.02. The van der Waals surface area contributed by atoms with E-state index in [0.717, 1.165) is 26.1 Å². The van der Waals surface area contributed by atoms with Crippen molar-refractivity contribution in [2.45, 2.75) is 46.8 Å². The monoisotopic (exact) mass is 248 g/mol. The van der Waals surface area contributed by atoms with Gasteiger partial charge in [0.2, 0.25) is 0 Å². The first-order valence-electron chi connectivity index (χ1n) is 6.86. The summed E-state index contributed by atoms with van der Waals surface area (Å²) in [6, 6.07) is 0. The summed E-state index contributed by atoms with van der Waals surface area (Å²) in [6.07, 6.45) is 9.80. The van der Waals surface area contributed by atoms with Gasteiger partial charge in [-0.25, -0.2) is 18.3 Å². The maximum absolute atomic E-state index is 2.34. The summed E-state index contributed by atoms with van der Waals surface area (Å²) >= 11 is 0. The molecular weight excluding hydrogens is 224 g/mol. The molecule has 0 N–H and O–H groups in total. The highest BCUT2D eigenvalue weighted by molar-refractivity contribution is 5.36.